The lowest BCUT2D eigenvalue weighted by Gasteiger charge is -2.27. The quantitative estimate of drug-likeness (QED) is 0.133. The molecule has 2 heterocycles. The average molecular weight is 553 g/mol. The summed E-state index contributed by atoms with van der Waals surface area (Å²) in [5.74, 6) is -1.42. The maximum absolute atomic E-state index is 13.3. The van der Waals surface area contributed by atoms with Gasteiger partial charge in [-0.2, -0.15) is 0 Å². The van der Waals surface area contributed by atoms with E-state index in [0.29, 0.717) is 11.3 Å². The molecule has 1 saturated heterocycles. The summed E-state index contributed by atoms with van der Waals surface area (Å²) in [5.41, 5.74) is 4.36. The number of barbiturate groups is 1. The minimum absolute atomic E-state index is 0.0472. The van der Waals surface area contributed by atoms with Gasteiger partial charge in [0, 0.05) is 39.0 Å². The predicted octanol–water partition coefficient (Wildman–Crippen LogP) is 6.13. The molecular weight excluding hydrogens is 528 g/mol. The van der Waals surface area contributed by atoms with Gasteiger partial charge < -0.3 is 4.57 Å². The molecule has 1 aliphatic heterocycles. The Bertz CT molecular complexity index is 1710. The number of nitro groups is 1. The molecule has 5 rings (SSSR count). The number of hydrogen-bond acceptors (Lipinski definition) is 6. The highest BCUT2D eigenvalue weighted by Crippen LogP contribution is 2.31. The molecule has 1 N–H and O–H groups in total. The van der Waals surface area contributed by atoms with E-state index in [1.54, 1.807) is 37.3 Å². The molecule has 0 aliphatic carbocycles. The van der Waals surface area contributed by atoms with Gasteiger partial charge in [0.2, 0.25) is 0 Å². The summed E-state index contributed by atoms with van der Waals surface area (Å²) in [5, 5.41) is 13.2. The molecule has 1 fully saturated rings. The van der Waals surface area contributed by atoms with Crippen molar-refractivity contribution in [2.45, 2.75) is 30.6 Å². The van der Waals surface area contributed by atoms with Crippen LogP contribution in [0.25, 0.3) is 11.8 Å². The Hall–Kier alpha value is -4.96. The zero-order valence-corrected chi connectivity index (χ0v) is 22.7. The molecule has 9 nitrogen and oxygen atoms in total. The Morgan fingerprint density at radius 2 is 1.50 bits per heavy atom. The van der Waals surface area contributed by atoms with Crippen LogP contribution in [0.3, 0.4) is 0 Å². The molecule has 0 saturated carbocycles. The second-order valence-electron chi connectivity index (χ2n) is 9.25. The fourth-order valence-electron chi connectivity index (χ4n) is 4.61. The van der Waals surface area contributed by atoms with Gasteiger partial charge in [0.05, 0.1) is 10.6 Å². The number of carbonyl (C=O) groups is 3. The van der Waals surface area contributed by atoms with E-state index in [1.165, 1.54) is 30.0 Å². The number of hydrogen-bond donors (Lipinski definition) is 1. The topological polar surface area (TPSA) is 115 Å². The predicted molar refractivity (Wildman–Crippen MR) is 153 cm³/mol. The molecule has 4 amide bonds. The van der Waals surface area contributed by atoms with Crippen LogP contribution in [0.2, 0.25) is 0 Å². The van der Waals surface area contributed by atoms with Crippen molar-refractivity contribution in [2.75, 3.05) is 4.90 Å². The van der Waals surface area contributed by atoms with E-state index in [0.717, 1.165) is 37.3 Å². The minimum Gasteiger partial charge on any atom is -0.318 e. The molecule has 1 aliphatic rings. The van der Waals surface area contributed by atoms with Crippen molar-refractivity contribution in [3.63, 3.8) is 0 Å². The third kappa shape index (κ3) is 5.04. The SMILES string of the molecule is Cc1ccccc1N1C(=O)NC(=O)/C(=C\c2cc(C)n(-c3ccc(Sc4ccc([N+](=O)[O-])cc4)cc3)c2C)C1=O. The molecule has 0 radical (unpaired) electrons. The second-order valence-corrected chi connectivity index (χ2v) is 10.4. The van der Waals surface area contributed by atoms with Crippen molar-refractivity contribution in [3.05, 3.63) is 117 Å². The average Bonchev–Trinajstić information content (AvgIpc) is 3.20. The minimum atomic E-state index is -0.779. The van der Waals surface area contributed by atoms with Gasteiger partial charge in [-0.3, -0.25) is 25.0 Å². The summed E-state index contributed by atoms with van der Waals surface area (Å²) in [6.07, 6.45) is 1.52. The molecule has 0 unspecified atom stereocenters. The zero-order chi connectivity index (χ0) is 28.6. The fourth-order valence-corrected chi connectivity index (χ4v) is 5.43. The summed E-state index contributed by atoms with van der Waals surface area (Å²) in [7, 11) is 0. The van der Waals surface area contributed by atoms with E-state index < -0.39 is 22.8 Å². The van der Waals surface area contributed by atoms with E-state index >= 15 is 0 Å². The number of aryl methyl sites for hydroxylation is 2. The number of rotatable bonds is 6. The summed E-state index contributed by atoms with van der Waals surface area (Å²) in [4.78, 5) is 51.9. The number of benzene rings is 3. The van der Waals surface area contributed by atoms with E-state index in [2.05, 4.69) is 5.32 Å². The Balaban J connectivity index is 1.42. The van der Waals surface area contributed by atoms with Crippen LogP contribution in [0.5, 0.6) is 0 Å². The number of urea groups is 1. The highest BCUT2D eigenvalue weighted by molar-refractivity contribution is 7.99. The number of carbonyl (C=O) groups excluding carboxylic acids is 3. The van der Waals surface area contributed by atoms with Crippen LogP contribution in [-0.4, -0.2) is 27.3 Å². The highest BCUT2D eigenvalue weighted by atomic mass is 32.2. The van der Waals surface area contributed by atoms with Crippen LogP contribution in [0.1, 0.15) is 22.5 Å². The molecule has 200 valence electrons. The second kappa shape index (κ2) is 10.7. The monoisotopic (exact) mass is 552 g/mol. The number of imide groups is 2. The summed E-state index contributed by atoms with van der Waals surface area (Å²) in [6, 6.07) is 22.3. The van der Waals surface area contributed by atoms with Crippen molar-refractivity contribution < 1.29 is 19.3 Å². The molecule has 4 aromatic rings. The first-order valence-corrected chi connectivity index (χ1v) is 13.1. The maximum Gasteiger partial charge on any atom is 0.335 e. The largest absolute Gasteiger partial charge is 0.335 e. The van der Waals surface area contributed by atoms with E-state index in [4.69, 9.17) is 0 Å². The lowest BCUT2D eigenvalue weighted by Crippen LogP contribution is -2.54. The number of anilines is 1. The van der Waals surface area contributed by atoms with Crippen molar-refractivity contribution in [3.8, 4) is 5.69 Å². The first-order valence-electron chi connectivity index (χ1n) is 12.3. The smallest absolute Gasteiger partial charge is 0.318 e. The summed E-state index contributed by atoms with van der Waals surface area (Å²) < 4.78 is 2.02. The van der Waals surface area contributed by atoms with Crippen molar-refractivity contribution in [2.24, 2.45) is 0 Å². The molecule has 40 heavy (non-hydrogen) atoms. The summed E-state index contributed by atoms with van der Waals surface area (Å²) in [6.45, 7) is 5.62. The first kappa shape index (κ1) is 26.6. The number of para-hydroxylation sites is 1. The van der Waals surface area contributed by atoms with Gasteiger partial charge in [-0.05, 0) is 86.5 Å². The Morgan fingerprint density at radius 3 is 2.12 bits per heavy atom. The van der Waals surface area contributed by atoms with Crippen LogP contribution in [0, 0.1) is 30.9 Å². The number of aromatic nitrogens is 1. The Labute approximate surface area is 234 Å². The first-order chi connectivity index (χ1) is 19.1. The summed E-state index contributed by atoms with van der Waals surface area (Å²) >= 11 is 1.49. The molecular formula is C30H24N4O5S. The third-order valence-corrected chi connectivity index (χ3v) is 7.62. The number of amides is 4. The van der Waals surface area contributed by atoms with Crippen LogP contribution in [0.15, 0.2) is 94.2 Å². The van der Waals surface area contributed by atoms with Gasteiger partial charge in [0.15, 0.2) is 0 Å². The molecule has 1 aromatic heterocycles. The Kier molecular flexibility index (Phi) is 7.10. The van der Waals surface area contributed by atoms with Crippen LogP contribution in [0.4, 0.5) is 16.2 Å². The lowest BCUT2D eigenvalue weighted by atomic mass is 10.1. The number of non-ortho nitro benzene ring substituents is 1. The van der Waals surface area contributed by atoms with E-state index in [1.807, 2.05) is 54.8 Å². The zero-order valence-electron chi connectivity index (χ0n) is 21.9. The van der Waals surface area contributed by atoms with Crippen molar-refractivity contribution >= 4 is 47.1 Å². The van der Waals surface area contributed by atoms with Crippen LogP contribution >= 0.6 is 11.8 Å². The van der Waals surface area contributed by atoms with Gasteiger partial charge in [-0.15, -0.1) is 0 Å². The fraction of sp³-hybridized carbons (Fsp3) is 0.100. The van der Waals surface area contributed by atoms with Gasteiger partial charge in [0.25, 0.3) is 17.5 Å². The standard InChI is InChI=1S/C30H24N4O5S/c1-18-6-4-5-7-27(18)33-29(36)26(28(35)31-30(33)37)17-21-16-19(2)32(20(21)3)22-8-12-24(13-9-22)40-25-14-10-23(11-15-25)34(38)39/h4-17H,1-3H3,(H,31,35,37)/b26-17+. The number of nitro benzene ring substituents is 1. The molecule has 0 atom stereocenters. The highest BCUT2D eigenvalue weighted by Gasteiger charge is 2.37. The van der Waals surface area contributed by atoms with Gasteiger partial charge in [-0.25, -0.2) is 9.69 Å². The van der Waals surface area contributed by atoms with Crippen molar-refractivity contribution in [1.82, 2.24) is 9.88 Å². The number of nitrogens with zero attached hydrogens (tertiary/aromatic N) is 3. The van der Waals surface area contributed by atoms with Crippen LogP contribution in [-0.2, 0) is 9.59 Å². The molecule has 3 aromatic carbocycles. The number of nitrogens with one attached hydrogen (secondary N) is 1. The van der Waals surface area contributed by atoms with Gasteiger partial charge in [-0.1, -0.05) is 30.0 Å². The van der Waals surface area contributed by atoms with Crippen LogP contribution < -0.4 is 10.2 Å². The van der Waals surface area contributed by atoms with Gasteiger partial charge >= 0.3 is 6.03 Å². The van der Waals surface area contributed by atoms with Gasteiger partial charge in [0.1, 0.15) is 5.57 Å². The maximum atomic E-state index is 13.3. The molecule has 10 heteroatoms. The third-order valence-electron chi connectivity index (χ3n) is 6.61. The normalized spacial score (nSPS) is 14.5. The van der Waals surface area contributed by atoms with E-state index in [9.17, 15) is 24.5 Å². The Morgan fingerprint density at radius 1 is 0.875 bits per heavy atom. The van der Waals surface area contributed by atoms with Crippen molar-refractivity contribution in [1.29, 1.82) is 0 Å². The lowest BCUT2D eigenvalue weighted by molar-refractivity contribution is -0.384. The molecule has 0 spiro atoms. The van der Waals surface area contributed by atoms with E-state index in [-0.39, 0.29) is 11.3 Å². The molecule has 0 bridgehead atoms.